The maximum atomic E-state index is 13.7. The minimum atomic E-state index is -0.462. The van der Waals surface area contributed by atoms with E-state index in [1.54, 1.807) is 39.8 Å². The first kappa shape index (κ1) is 27.4. The van der Waals surface area contributed by atoms with E-state index < -0.39 is 5.91 Å². The molecule has 0 atom stereocenters. The number of rotatable bonds is 6. The largest absolute Gasteiger partial charge is 0.293 e. The third-order valence-electron chi connectivity index (χ3n) is 8.15. The lowest BCUT2D eigenvalue weighted by atomic mass is 10.1. The summed E-state index contributed by atoms with van der Waals surface area (Å²) in [4.78, 5) is 49.1. The summed E-state index contributed by atoms with van der Waals surface area (Å²) < 4.78 is 1.56. The monoisotopic (exact) mass is 582 g/mol. The minimum absolute atomic E-state index is 0.203. The van der Waals surface area contributed by atoms with Crippen molar-refractivity contribution in [1.82, 2.24) is 19.9 Å². The van der Waals surface area contributed by atoms with Crippen LogP contribution in [0.1, 0.15) is 35.2 Å². The van der Waals surface area contributed by atoms with Gasteiger partial charge in [0.2, 0.25) is 0 Å². The van der Waals surface area contributed by atoms with E-state index in [0.29, 0.717) is 40.2 Å². The summed E-state index contributed by atoms with van der Waals surface area (Å²) in [5.41, 5.74) is 6.39. The molecule has 0 saturated carbocycles. The molecule has 5 aromatic rings. The van der Waals surface area contributed by atoms with Crippen LogP contribution in [0, 0.1) is 0 Å². The van der Waals surface area contributed by atoms with Crippen molar-refractivity contribution in [2.75, 3.05) is 24.7 Å². The molecular formula is C35H30N6O3. The van der Waals surface area contributed by atoms with Crippen molar-refractivity contribution in [2.45, 2.75) is 19.3 Å². The molecule has 0 radical (unpaired) electrons. The van der Waals surface area contributed by atoms with Crippen molar-refractivity contribution in [1.29, 1.82) is 0 Å². The van der Waals surface area contributed by atoms with Gasteiger partial charge in [0.15, 0.2) is 5.71 Å². The number of piperidine rings is 1. The van der Waals surface area contributed by atoms with Crippen molar-refractivity contribution >= 4 is 34.1 Å². The molecule has 44 heavy (non-hydrogen) atoms. The number of fused-ring (bicyclic) bond motifs is 2. The quantitative estimate of drug-likeness (QED) is 0.285. The molecule has 9 heteroatoms. The first-order chi connectivity index (χ1) is 21.6. The molecule has 3 heterocycles. The summed E-state index contributed by atoms with van der Waals surface area (Å²) in [7, 11) is 0. The van der Waals surface area contributed by atoms with Crippen LogP contribution in [0.3, 0.4) is 0 Å². The Kier molecular flexibility index (Phi) is 7.29. The van der Waals surface area contributed by atoms with Gasteiger partial charge in [0.25, 0.3) is 17.4 Å². The number of benzene rings is 4. The van der Waals surface area contributed by atoms with Crippen LogP contribution in [-0.2, 0) is 4.79 Å². The molecule has 2 aliphatic rings. The Bertz CT molecular complexity index is 1960. The first-order valence-corrected chi connectivity index (χ1v) is 14.8. The van der Waals surface area contributed by atoms with Crippen LogP contribution in [0.5, 0.6) is 0 Å². The van der Waals surface area contributed by atoms with Gasteiger partial charge in [0.05, 0.1) is 28.9 Å². The second-order valence-electron chi connectivity index (χ2n) is 11.0. The number of carbonyl (C=O) groups excluding carboxylic acids is 2. The highest BCUT2D eigenvalue weighted by Crippen LogP contribution is 2.30. The molecule has 1 aromatic heterocycles. The zero-order valence-electron chi connectivity index (χ0n) is 24.0. The number of aromatic nitrogens is 2. The molecule has 4 aromatic carbocycles. The van der Waals surface area contributed by atoms with Gasteiger partial charge in [-0.3, -0.25) is 28.8 Å². The molecule has 9 nitrogen and oxygen atoms in total. The molecule has 1 fully saturated rings. The SMILES string of the molecule is O=C(N/N=C1/C(=O)N(CN2CCCCC2)c2ccccc21)c1ccc(-n2c(-c3ccccc3)nc3ccccc3c2=O)cc1. The number of carbonyl (C=O) groups is 2. The molecule has 1 saturated heterocycles. The second-order valence-corrected chi connectivity index (χ2v) is 11.0. The Labute approximate surface area is 254 Å². The van der Waals surface area contributed by atoms with Crippen molar-refractivity contribution in [3.8, 4) is 17.1 Å². The molecule has 0 aliphatic carbocycles. The molecule has 218 valence electrons. The fourth-order valence-corrected chi connectivity index (χ4v) is 5.90. The fraction of sp³-hybridized carbons (Fsp3) is 0.171. The molecule has 2 amide bonds. The number of hydrazone groups is 1. The number of likely N-dealkylation sites (tertiary alicyclic amines) is 1. The Morgan fingerprint density at radius 2 is 1.50 bits per heavy atom. The van der Waals surface area contributed by atoms with E-state index in [1.807, 2.05) is 72.8 Å². The zero-order valence-corrected chi connectivity index (χ0v) is 24.0. The lowest BCUT2D eigenvalue weighted by molar-refractivity contribution is -0.112. The zero-order chi connectivity index (χ0) is 30.0. The van der Waals surface area contributed by atoms with E-state index in [1.165, 1.54) is 6.42 Å². The maximum Gasteiger partial charge on any atom is 0.280 e. The smallest absolute Gasteiger partial charge is 0.280 e. The molecule has 7 rings (SSSR count). The lowest BCUT2D eigenvalue weighted by Crippen LogP contribution is -2.43. The second kappa shape index (κ2) is 11.7. The number of hydrogen-bond donors (Lipinski definition) is 1. The van der Waals surface area contributed by atoms with E-state index in [0.717, 1.165) is 37.2 Å². The standard InChI is InChI=1S/C35H30N6O3/c42-33(38-37-31-28-14-6-8-16-30(28)40(35(31)44)23-39-21-9-2-10-22-39)25-17-19-26(20-18-25)41-32(24-11-3-1-4-12-24)36-29-15-7-5-13-27(29)34(41)43/h1,3-8,11-20H,2,9-10,21-23H2,(H,38,42)/b37-31+. The third-order valence-corrected chi connectivity index (χ3v) is 8.15. The van der Waals surface area contributed by atoms with Crippen LogP contribution in [0.4, 0.5) is 5.69 Å². The van der Waals surface area contributed by atoms with Crippen LogP contribution in [-0.4, -0.2) is 51.7 Å². The van der Waals surface area contributed by atoms with Gasteiger partial charge in [-0.15, -0.1) is 0 Å². The van der Waals surface area contributed by atoms with Gasteiger partial charge in [-0.2, -0.15) is 5.10 Å². The van der Waals surface area contributed by atoms with Crippen LogP contribution >= 0.6 is 0 Å². The maximum absolute atomic E-state index is 13.7. The Hall–Kier alpha value is -5.41. The molecule has 0 bridgehead atoms. The predicted molar refractivity (Wildman–Crippen MR) is 171 cm³/mol. The number of amides is 2. The number of hydrogen-bond acceptors (Lipinski definition) is 6. The van der Waals surface area contributed by atoms with Gasteiger partial charge in [0, 0.05) is 16.7 Å². The van der Waals surface area contributed by atoms with Gasteiger partial charge in [-0.1, -0.05) is 67.1 Å². The van der Waals surface area contributed by atoms with Gasteiger partial charge in [0.1, 0.15) is 5.82 Å². The van der Waals surface area contributed by atoms with E-state index in [-0.39, 0.29) is 17.2 Å². The number of anilines is 1. The number of nitrogens with one attached hydrogen (secondary N) is 1. The fourth-order valence-electron chi connectivity index (χ4n) is 5.90. The van der Waals surface area contributed by atoms with Crippen molar-refractivity contribution in [3.63, 3.8) is 0 Å². The van der Waals surface area contributed by atoms with E-state index in [2.05, 4.69) is 15.4 Å². The number of para-hydroxylation sites is 2. The van der Waals surface area contributed by atoms with Crippen LogP contribution < -0.4 is 15.9 Å². The average molecular weight is 583 g/mol. The van der Waals surface area contributed by atoms with E-state index in [4.69, 9.17) is 4.98 Å². The average Bonchev–Trinajstić information content (AvgIpc) is 3.34. The highest BCUT2D eigenvalue weighted by Gasteiger charge is 2.35. The Morgan fingerprint density at radius 3 is 2.30 bits per heavy atom. The Balaban J connectivity index is 1.16. The molecule has 2 aliphatic heterocycles. The summed E-state index contributed by atoms with van der Waals surface area (Å²) in [6.45, 7) is 2.41. The Morgan fingerprint density at radius 1 is 0.795 bits per heavy atom. The minimum Gasteiger partial charge on any atom is -0.293 e. The molecular weight excluding hydrogens is 552 g/mol. The van der Waals surface area contributed by atoms with Gasteiger partial charge >= 0.3 is 0 Å². The highest BCUT2D eigenvalue weighted by atomic mass is 16.2. The summed E-state index contributed by atoms with van der Waals surface area (Å²) in [5, 5.41) is 4.79. The van der Waals surface area contributed by atoms with Crippen molar-refractivity contribution in [3.05, 3.63) is 125 Å². The van der Waals surface area contributed by atoms with Gasteiger partial charge in [-0.25, -0.2) is 10.4 Å². The molecule has 0 spiro atoms. The van der Waals surface area contributed by atoms with Crippen molar-refractivity contribution in [2.24, 2.45) is 5.10 Å². The van der Waals surface area contributed by atoms with Crippen LogP contribution in [0.15, 0.2) is 113 Å². The summed E-state index contributed by atoms with van der Waals surface area (Å²) in [6.07, 6.45) is 3.46. The van der Waals surface area contributed by atoms with E-state index in [9.17, 15) is 14.4 Å². The molecule has 1 N–H and O–H groups in total. The number of nitrogens with zero attached hydrogens (tertiary/aromatic N) is 5. The van der Waals surface area contributed by atoms with Gasteiger partial charge < -0.3 is 0 Å². The first-order valence-electron chi connectivity index (χ1n) is 14.8. The lowest BCUT2D eigenvalue weighted by Gasteiger charge is -2.30. The topological polar surface area (TPSA) is 99.9 Å². The summed E-state index contributed by atoms with van der Waals surface area (Å²) in [5.74, 6) is -0.189. The normalized spacial score (nSPS) is 16.0. The summed E-state index contributed by atoms with van der Waals surface area (Å²) in [6, 6.07) is 31.0. The summed E-state index contributed by atoms with van der Waals surface area (Å²) >= 11 is 0. The highest BCUT2D eigenvalue weighted by molar-refractivity contribution is 6.54. The van der Waals surface area contributed by atoms with Crippen LogP contribution in [0.25, 0.3) is 28.0 Å². The van der Waals surface area contributed by atoms with Gasteiger partial charge in [-0.05, 0) is 68.4 Å². The van der Waals surface area contributed by atoms with Crippen LogP contribution in [0.2, 0.25) is 0 Å². The predicted octanol–water partition coefficient (Wildman–Crippen LogP) is 4.98. The van der Waals surface area contributed by atoms with E-state index >= 15 is 0 Å². The molecule has 0 unspecified atom stereocenters. The van der Waals surface area contributed by atoms with Crippen molar-refractivity contribution < 1.29 is 9.59 Å². The third kappa shape index (κ3) is 5.07.